The molecule has 1 heterocycles. The molecule has 7 nitrogen and oxygen atoms in total. The quantitative estimate of drug-likeness (QED) is 0.754. The number of anilines is 1. The third-order valence-corrected chi connectivity index (χ3v) is 2.80. The summed E-state index contributed by atoms with van der Waals surface area (Å²) in [6, 6.07) is 8.36. The lowest BCUT2D eigenvalue weighted by Crippen LogP contribution is -2.28. The molecule has 3 N–H and O–H groups in total. The molecule has 7 heteroatoms. The summed E-state index contributed by atoms with van der Waals surface area (Å²) in [5.41, 5.74) is 1.98. The number of carboxylic acid groups (broad SMARTS) is 1. The van der Waals surface area contributed by atoms with Crippen molar-refractivity contribution in [3.05, 3.63) is 47.9 Å². The van der Waals surface area contributed by atoms with Crippen LogP contribution >= 0.6 is 0 Å². The van der Waals surface area contributed by atoms with E-state index in [9.17, 15) is 9.59 Å². The third-order valence-electron chi connectivity index (χ3n) is 2.80. The molecule has 0 radical (unpaired) electrons. The number of carboxylic acids is 1. The van der Waals surface area contributed by atoms with Crippen LogP contribution in [0.2, 0.25) is 0 Å². The van der Waals surface area contributed by atoms with Crippen molar-refractivity contribution in [2.24, 2.45) is 0 Å². The fourth-order valence-corrected chi connectivity index (χ4v) is 1.77. The van der Waals surface area contributed by atoms with E-state index in [1.165, 1.54) is 6.26 Å². The number of aliphatic carboxylic acids is 1. The van der Waals surface area contributed by atoms with Gasteiger partial charge in [-0.1, -0.05) is 23.4 Å². The molecule has 0 fully saturated rings. The highest BCUT2D eigenvalue weighted by Gasteiger charge is 2.08. The molecule has 1 aromatic carbocycles. The van der Waals surface area contributed by atoms with Gasteiger partial charge in [-0.3, -0.25) is 4.79 Å². The minimum atomic E-state index is -0.875. The molecule has 0 aliphatic heterocycles. The van der Waals surface area contributed by atoms with Gasteiger partial charge in [-0.05, 0) is 18.1 Å². The second-order valence-electron chi connectivity index (χ2n) is 4.35. The first-order valence-electron chi connectivity index (χ1n) is 6.39. The summed E-state index contributed by atoms with van der Waals surface area (Å²) in [5.74, 6) is -0.875. The van der Waals surface area contributed by atoms with Crippen molar-refractivity contribution in [2.75, 3.05) is 5.32 Å². The number of benzene rings is 1. The van der Waals surface area contributed by atoms with Gasteiger partial charge < -0.3 is 20.3 Å². The lowest BCUT2D eigenvalue weighted by atomic mass is 10.1. The smallest absolute Gasteiger partial charge is 0.319 e. The number of para-hydroxylation sites is 1. The molecule has 2 amide bonds. The SMILES string of the molecule is O=C(O)CCc1ccccc1NC(=O)NCc1ccon1. The molecule has 0 bridgehead atoms. The van der Waals surface area contributed by atoms with Crippen molar-refractivity contribution in [1.82, 2.24) is 10.5 Å². The monoisotopic (exact) mass is 289 g/mol. The van der Waals surface area contributed by atoms with Gasteiger partial charge in [-0.25, -0.2) is 4.79 Å². The number of hydrogen-bond donors (Lipinski definition) is 3. The first-order valence-corrected chi connectivity index (χ1v) is 6.39. The molecular weight excluding hydrogens is 274 g/mol. The first kappa shape index (κ1) is 14.6. The van der Waals surface area contributed by atoms with Crippen molar-refractivity contribution in [2.45, 2.75) is 19.4 Å². The Bertz CT molecular complexity index is 610. The van der Waals surface area contributed by atoms with Crippen molar-refractivity contribution in [1.29, 1.82) is 0 Å². The Labute approximate surface area is 120 Å². The molecule has 0 saturated carbocycles. The topological polar surface area (TPSA) is 104 Å². The van der Waals surface area contributed by atoms with Crippen LogP contribution in [0, 0.1) is 0 Å². The summed E-state index contributed by atoms with van der Waals surface area (Å²) in [4.78, 5) is 22.4. The van der Waals surface area contributed by atoms with Crippen LogP contribution < -0.4 is 10.6 Å². The number of carbonyl (C=O) groups is 2. The second-order valence-corrected chi connectivity index (χ2v) is 4.35. The Morgan fingerprint density at radius 2 is 2.05 bits per heavy atom. The average Bonchev–Trinajstić information content (AvgIpc) is 2.97. The molecule has 110 valence electrons. The van der Waals surface area contributed by atoms with Crippen molar-refractivity contribution in [3.63, 3.8) is 0 Å². The number of aromatic nitrogens is 1. The molecule has 21 heavy (non-hydrogen) atoms. The van der Waals surface area contributed by atoms with E-state index >= 15 is 0 Å². The number of urea groups is 1. The Morgan fingerprint density at radius 1 is 1.24 bits per heavy atom. The number of rotatable bonds is 6. The maximum Gasteiger partial charge on any atom is 0.319 e. The van der Waals surface area contributed by atoms with Gasteiger partial charge in [0, 0.05) is 18.2 Å². The summed E-state index contributed by atoms with van der Waals surface area (Å²) >= 11 is 0. The van der Waals surface area contributed by atoms with Crippen LogP contribution in [0.25, 0.3) is 0 Å². The number of nitrogens with zero attached hydrogens (tertiary/aromatic N) is 1. The van der Waals surface area contributed by atoms with Gasteiger partial charge in [0.15, 0.2) is 0 Å². The van der Waals surface area contributed by atoms with Crippen molar-refractivity contribution < 1.29 is 19.2 Å². The molecule has 1 aromatic heterocycles. The van der Waals surface area contributed by atoms with Gasteiger partial charge in [-0.15, -0.1) is 0 Å². The van der Waals surface area contributed by atoms with E-state index in [1.807, 2.05) is 0 Å². The number of amides is 2. The average molecular weight is 289 g/mol. The Balaban J connectivity index is 1.92. The van der Waals surface area contributed by atoms with Gasteiger partial charge in [0.1, 0.15) is 12.0 Å². The van der Waals surface area contributed by atoms with E-state index in [4.69, 9.17) is 5.11 Å². The largest absolute Gasteiger partial charge is 0.481 e. The number of nitrogens with one attached hydrogen (secondary N) is 2. The van der Waals surface area contributed by atoms with E-state index in [2.05, 4.69) is 20.3 Å². The van der Waals surface area contributed by atoms with Crippen LogP contribution in [0.3, 0.4) is 0 Å². The molecule has 0 aliphatic rings. The molecule has 0 spiro atoms. The van der Waals surface area contributed by atoms with Crippen LogP contribution in [-0.2, 0) is 17.8 Å². The summed E-state index contributed by atoms with van der Waals surface area (Å²) in [6.07, 6.45) is 1.80. The van der Waals surface area contributed by atoms with Crippen molar-refractivity contribution in [3.8, 4) is 0 Å². The van der Waals surface area contributed by atoms with Crippen LogP contribution in [0.15, 0.2) is 41.1 Å². The summed E-state index contributed by atoms with van der Waals surface area (Å²) in [6.45, 7) is 0.250. The lowest BCUT2D eigenvalue weighted by Gasteiger charge is -2.10. The Morgan fingerprint density at radius 3 is 2.76 bits per heavy atom. The minimum absolute atomic E-state index is 0.0131. The summed E-state index contributed by atoms with van der Waals surface area (Å²) in [5, 5.41) is 17.7. The number of aryl methyl sites for hydroxylation is 1. The van der Waals surface area contributed by atoms with Crippen LogP contribution in [-0.4, -0.2) is 22.3 Å². The van der Waals surface area contributed by atoms with Gasteiger partial charge in [-0.2, -0.15) is 0 Å². The molecule has 2 rings (SSSR count). The fraction of sp³-hybridized carbons (Fsp3) is 0.214. The summed E-state index contributed by atoms with van der Waals surface area (Å²) in [7, 11) is 0. The minimum Gasteiger partial charge on any atom is -0.481 e. The van der Waals surface area contributed by atoms with Crippen LogP contribution in [0.5, 0.6) is 0 Å². The fourth-order valence-electron chi connectivity index (χ4n) is 1.77. The van der Waals surface area contributed by atoms with Crippen LogP contribution in [0.1, 0.15) is 17.7 Å². The second kappa shape index (κ2) is 7.09. The highest BCUT2D eigenvalue weighted by molar-refractivity contribution is 5.90. The van der Waals surface area contributed by atoms with E-state index in [1.54, 1.807) is 30.3 Å². The standard InChI is InChI=1S/C14H15N3O4/c18-13(19)6-5-10-3-1-2-4-12(10)16-14(20)15-9-11-7-8-21-17-11/h1-4,7-8H,5-6,9H2,(H,18,19)(H2,15,16,20). The van der Waals surface area contributed by atoms with Crippen molar-refractivity contribution >= 4 is 17.7 Å². The Hall–Kier alpha value is -2.83. The Kier molecular flexibility index (Phi) is 4.92. The first-order chi connectivity index (χ1) is 10.1. The number of carbonyl (C=O) groups excluding carboxylic acids is 1. The summed E-state index contributed by atoms with van der Waals surface area (Å²) < 4.78 is 4.66. The predicted molar refractivity (Wildman–Crippen MR) is 74.8 cm³/mol. The third kappa shape index (κ3) is 4.64. The zero-order valence-electron chi connectivity index (χ0n) is 11.2. The predicted octanol–water partition coefficient (Wildman–Crippen LogP) is 2.01. The molecular formula is C14H15N3O4. The molecule has 2 aromatic rings. The van der Waals surface area contributed by atoms with Gasteiger partial charge in [0.2, 0.25) is 0 Å². The van der Waals surface area contributed by atoms with Gasteiger partial charge >= 0.3 is 12.0 Å². The van der Waals surface area contributed by atoms with E-state index < -0.39 is 5.97 Å². The highest BCUT2D eigenvalue weighted by atomic mass is 16.5. The van der Waals surface area contributed by atoms with E-state index in [-0.39, 0.29) is 19.0 Å². The zero-order valence-corrected chi connectivity index (χ0v) is 11.2. The molecule has 0 aliphatic carbocycles. The van der Waals surface area contributed by atoms with Crippen LogP contribution in [0.4, 0.5) is 10.5 Å². The van der Waals surface area contributed by atoms with E-state index in [0.717, 1.165) is 5.56 Å². The lowest BCUT2D eigenvalue weighted by molar-refractivity contribution is -0.136. The van der Waals surface area contributed by atoms with E-state index in [0.29, 0.717) is 17.8 Å². The maximum absolute atomic E-state index is 11.8. The molecule has 0 atom stereocenters. The zero-order chi connectivity index (χ0) is 15.1. The van der Waals surface area contributed by atoms with Gasteiger partial charge in [0.25, 0.3) is 0 Å². The maximum atomic E-state index is 11.8. The molecule has 0 unspecified atom stereocenters. The molecule has 0 saturated heterocycles. The normalized spacial score (nSPS) is 10.1. The number of hydrogen-bond acceptors (Lipinski definition) is 4. The van der Waals surface area contributed by atoms with Gasteiger partial charge in [0.05, 0.1) is 6.54 Å². The highest BCUT2D eigenvalue weighted by Crippen LogP contribution is 2.16.